The van der Waals surface area contributed by atoms with Gasteiger partial charge in [-0.3, -0.25) is 9.59 Å². The van der Waals surface area contributed by atoms with Gasteiger partial charge in [-0.2, -0.15) is 0 Å². The van der Waals surface area contributed by atoms with Gasteiger partial charge in [0.25, 0.3) is 0 Å². The molecule has 0 bridgehead atoms. The first-order valence-electron chi connectivity index (χ1n) is 6.90. The number of hydrogen-bond donors (Lipinski definition) is 1. The SMILES string of the molecule is CCOc1ccccc1NC(=O)CN(C(C)=O)C1CC1. The van der Waals surface area contributed by atoms with E-state index in [4.69, 9.17) is 4.74 Å². The number of nitrogens with zero attached hydrogens (tertiary/aromatic N) is 1. The highest BCUT2D eigenvalue weighted by Crippen LogP contribution is 2.27. The molecule has 1 aromatic carbocycles. The first kappa shape index (κ1) is 14.4. The van der Waals surface area contributed by atoms with E-state index in [1.54, 1.807) is 11.0 Å². The molecule has 1 saturated carbocycles. The van der Waals surface area contributed by atoms with Crippen LogP contribution in [-0.2, 0) is 9.59 Å². The number of ether oxygens (including phenoxy) is 1. The highest BCUT2D eigenvalue weighted by Gasteiger charge is 2.32. The lowest BCUT2D eigenvalue weighted by molar-refractivity contribution is -0.133. The zero-order valence-corrected chi connectivity index (χ0v) is 11.9. The minimum Gasteiger partial charge on any atom is -0.492 e. The van der Waals surface area contributed by atoms with Crippen molar-refractivity contribution in [3.05, 3.63) is 24.3 Å². The van der Waals surface area contributed by atoms with Crippen molar-refractivity contribution in [3.63, 3.8) is 0 Å². The fraction of sp³-hybridized carbons (Fsp3) is 0.467. The first-order valence-corrected chi connectivity index (χ1v) is 6.90. The largest absolute Gasteiger partial charge is 0.492 e. The van der Waals surface area contributed by atoms with E-state index in [2.05, 4.69) is 5.32 Å². The van der Waals surface area contributed by atoms with Crippen molar-refractivity contribution < 1.29 is 14.3 Å². The number of carbonyl (C=O) groups is 2. The minimum absolute atomic E-state index is 0.0549. The Hall–Kier alpha value is -2.04. The maximum Gasteiger partial charge on any atom is 0.244 e. The molecule has 0 radical (unpaired) electrons. The summed E-state index contributed by atoms with van der Waals surface area (Å²) in [4.78, 5) is 25.2. The van der Waals surface area contributed by atoms with Gasteiger partial charge in [0.2, 0.25) is 11.8 Å². The van der Waals surface area contributed by atoms with Crippen LogP contribution in [0.4, 0.5) is 5.69 Å². The van der Waals surface area contributed by atoms with E-state index < -0.39 is 0 Å². The summed E-state index contributed by atoms with van der Waals surface area (Å²) in [5.41, 5.74) is 0.638. The fourth-order valence-electron chi connectivity index (χ4n) is 2.08. The molecular formula is C15H20N2O3. The van der Waals surface area contributed by atoms with E-state index >= 15 is 0 Å². The van der Waals surface area contributed by atoms with Gasteiger partial charge < -0.3 is 15.0 Å². The molecule has 1 fully saturated rings. The van der Waals surface area contributed by atoms with Gasteiger partial charge in [0.15, 0.2) is 0 Å². The van der Waals surface area contributed by atoms with Crippen LogP contribution in [0.1, 0.15) is 26.7 Å². The van der Waals surface area contributed by atoms with E-state index in [0.29, 0.717) is 18.0 Å². The molecule has 0 atom stereocenters. The maximum absolute atomic E-state index is 12.1. The molecule has 0 heterocycles. The van der Waals surface area contributed by atoms with Crippen molar-refractivity contribution in [1.82, 2.24) is 4.90 Å². The van der Waals surface area contributed by atoms with Gasteiger partial charge in [0, 0.05) is 13.0 Å². The average molecular weight is 276 g/mol. The second-order valence-corrected chi connectivity index (χ2v) is 4.86. The summed E-state index contributed by atoms with van der Waals surface area (Å²) in [6, 6.07) is 7.52. The maximum atomic E-state index is 12.1. The number of nitrogens with one attached hydrogen (secondary N) is 1. The second kappa shape index (κ2) is 6.41. The predicted molar refractivity (Wildman–Crippen MR) is 76.6 cm³/mol. The molecule has 0 aromatic heterocycles. The highest BCUT2D eigenvalue weighted by atomic mass is 16.5. The van der Waals surface area contributed by atoms with Crippen molar-refractivity contribution in [2.24, 2.45) is 0 Å². The van der Waals surface area contributed by atoms with E-state index in [1.165, 1.54) is 6.92 Å². The molecule has 1 aliphatic carbocycles. The van der Waals surface area contributed by atoms with Gasteiger partial charge in [0.05, 0.1) is 12.3 Å². The molecule has 0 spiro atoms. The highest BCUT2D eigenvalue weighted by molar-refractivity contribution is 5.95. The molecule has 20 heavy (non-hydrogen) atoms. The molecule has 1 aliphatic rings. The topological polar surface area (TPSA) is 58.6 Å². The lowest BCUT2D eigenvalue weighted by atomic mass is 10.3. The molecule has 1 aromatic rings. The minimum atomic E-state index is -0.195. The van der Waals surface area contributed by atoms with Crippen LogP contribution in [0.2, 0.25) is 0 Å². The Labute approximate surface area is 118 Å². The Morgan fingerprint density at radius 3 is 2.65 bits per heavy atom. The molecule has 1 N–H and O–H groups in total. The Morgan fingerprint density at radius 1 is 1.35 bits per heavy atom. The fourth-order valence-corrected chi connectivity index (χ4v) is 2.08. The van der Waals surface area contributed by atoms with Crippen LogP contribution in [0.15, 0.2) is 24.3 Å². The molecule has 5 heteroatoms. The predicted octanol–water partition coefficient (Wildman–Crippen LogP) is 2.03. The van der Waals surface area contributed by atoms with Gasteiger partial charge in [0.1, 0.15) is 12.3 Å². The molecule has 5 nitrogen and oxygen atoms in total. The number of hydrogen-bond acceptors (Lipinski definition) is 3. The quantitative estimate of drug-likeness (QED) is 0.865. The molecule has 108 valence electrons. The summed E-state index contributed by atoms with van der Waals surface area (Å²) < 4.78 is 5.45. The van der Waals surface area contributed by atoms with Crippen LogP contribution in [0.25, 0.3) is 0 Å². The van der Waals surface area contributed by atoms with Crippen molar-refractivity contribution in [2.75, 3.05) is 18.5 Å². The Bertz CT molecular complexity index is 498. The van der Waals surface area contributed by atoms with Gasteiger partial charge in [-0.1, -0.05) is 12.1 Å². The lowest BCUT2D eigenvalue weighted by Crippen LogP contribution is -2.38. The van der Waals surface area contributed by atoms with Crippen LogP contribution in [0.3, 0.4) is 0 Å². The smallest absolute Gasteiger partial charge is 0.244 e. The molecule has 0 aliphatic heterocycles. The van der Waals surface area contributed by atoms with Gasteiger partial charge in [-0.05, 0) is 31.9 Å². The van der Waals surface area contributed by atoms with Crippen molar-refractivity contribution in [1.29, 1.82) is 0 Å². The van der Waals surface area contributed by atoms with Crippen molar-refractivity contribution >= 4 is 17.5 Å². The molecule has 0 unspecified atom stereocenters. The summed E-state index contributed by atoms with van der Waals surface area (Å²) in [5.74, 6) is 0.393. The number of amides is 2. The van der Waals surface area contributed by atoms with Crippen LogP contribution in [0, 0.1) is 0 Å². The third-order valence-corrected chi connectivity index (χ3v) is 3.17. The normalized spacial score (nSPS) is 13.7. The number of carbonyl (C=O) groups excluding carboxylic acids is 2. The monoisotopic (exact) mass is 276 g/mol. The Balaban J connectivity index is 1.98. The average Bonchev–Trinajstić information content (AvgIpc) is 3.22. The third-order valence-electron chi connectivity index (χ3n) is 3.17. The van der Waals surface area contributed by atoms with Gasteiger partial charge in [-0.15, -0.1) is 0 Å². The summed E-state index contributed by atoms with van der Waals surface area (Å²) in [6.45, 7) is 4.03. The summed E-state index contributed by atoms with van der Waals surface area (Å²) in [7, 11) is 0. The van der Waals surface area contributed by atoms with Gasteiger partial charge >= 0.3 is 0 Å². The molecule has 0 saturated heterocycles. The Kier molecular flexibility index (Phi) is 4.61. The number of para-hydroxylation sites is 2. The van der Waals surface area contributed by atoms with Crippen molar-refractivity contribution in [3.8, 4) is 5.75 Å². The zero-order chi connectivity index (χ0) is 14.5. The summed E-state index contributed by atoms with van der Waals surface area (Å²) >= 11 is 0. The van der Waals surface area contributed by atoms with Crippen LogP contribution >= 0.6 is 0 Å². The van der Waals surface area contributed by atoms with Gasteiger partial charge in [-0.25, -0.2) is 0 Å². The van der Waals surface area contributed by atoms with E-state index in [9.17, 15) is 9.59 Å². The van der Waals surface area contributed by atoms with E-state index in [1.807, 2.05) is 25.1 Å². The number of benzene rings is 1. The van der Waals surface area contributed by atoms with Crippen LogP contribution in [-0.4, -0.2) is 35.9 Å². The standard InChI is InChI=1S/C15H20N2O3/c1-3-20-14-7-5-4-6-13(14)16-15(19)10-17(11(2)18)12-8-9-12/h4-7,12H,3,8-10H2,1-2H3,(H,16,19). The first-order chi connectivity index (χ1) is 9.61. The van der Waals surface area contributed by atoms with E-state index in [0.717, 1.165) is 12.8 Å². The van der Waals surface area contributed by atoms with Crippen LogP contribution in [0.5, 0.6) is 5.75 Å². The molecular weight excluding hydrogens is 256 g/mol. The number of anilines is 1. The summed E-state index contributed by atoms with van der Waals surface area (Å²) in [6.07, 6.45) is 1.98. The van der Waals surface area contributed by atoms with Crippen LogP contribution < -0.4 is 10.1 Å². The lowest BCUT2D eigenvalue weighted by Gasteiger charge is -2.20. The van der Waals surface area contributed by atoms with Crippen molar-refractivity contribution in [2.45, 2.75) is 32.7 Å². The molecule has 2 amide bonds. The molecule has 2 rings (SSSR count). The third kappa shape index (κ3) is 3.73. The second-order valence-electron chi connectivity index (χ2n) is 4.86. The zero-order valence-electron chi connectivity index (χ0n) is 11.9. The summed E-state index contributed by atoms with van der Waals surface area (Å²) in [5, 5.41) is 2.81. The Morgan fingerprint density at radius 2 is 2.05 bits per heavy atom. The number of rotatable bonds is 6. The van der Waals surface area contributed by atoms with E-state index in [-0.39, 0.29) is 24.4 Å².